The molecule has 0 fully saturated rings. The monoisotopic (exact) mass is 308 g/mol. The van der Waals surface area contributed by atoms with E-state index < -0.39 is 0 Å². The van der Waals surface area contributed by atoms with Crippen LogP contribution >= 0.6 is 15.9 Å². The summed E-state index contributed by atoms with van der Waals surface area (Å²) < 4.78 is 2.57. The maximum atomic E-state index is 11.7. The van der Waals surface area contributed by atoms with Crippen molar-refractivity contribution in [1.29, 1.82) is 0 Å². The zero-order valence-electron chi connectivity index (χ0n) is 9.85. The predicted octanol–water partition coefficient (Wildman–Crippen LogP) is 2.50. The maximum absolute atomic E-state index is 11.7. The number of anilines is 1. The highest BCUT2D eigenvalue weighted by molar-refractivity contribution is 9.10. The average molecular weight is 309 g/mol. The van der Waals surface area contributed by atoms with Gasteiger partial charge in [-0.2, -0.15) is 5.10 Å². The molecule has 0 saturated carbocycles. The summed E-state index contributed by atoms with van der Waals surface area (Å²) in [5, 5.41) is 9.47. The van der Waals surface area contributed by atoms with E-state index in [0.717, 1.165) is 10.0 Å². The number of carbonyl (C=O) groups is 1. The number of nitrogens with zero attached hydrogens (tertiary/aromatic N) is 2. The van der Waals surface area contributed by atoms with Crippen LogP contribution in [0.3, 0.4) is 0 Å². The smallest absolute Gasteiger partial charge is 0.320 e. The van der Waals surface area contributed by atoms with E-state index >= 15 is 0 Å². The summed E-state index contributed by atoms with van der Waals surface area (Å²) in [6, 6.07) is 9.24. The van der Waals surface area contributed by atoms with Crippen molar-refractivity contribution in [3.8, 4) is 0 Å². The van der Waals surface area contributed by atoms with Gasteiger partial charge in [-0.25, -0.2) is 4.79 Å². The molecule has 0 spiro atoms. The highest BCUT2D eigenvalue weighted by Gasteiger charge is 2.05. The molecule has 5 nitrogen and oxygen atoms in total. The second-order valence-corrected chi connectivity index (χ2v) is 4.59. The van der Waals surface area contributed by atoms with Gasteiger partial charge in [-0.1, -0.05) is 34.1 Å². The lowest BCUT2D eigenvalue weighted by Crippen LogP contribution is -2.29. The summed E-state index contributed by atoms with van der Waals surface area (Å²) in [6.45, 7) is 0.463. The fraction of sp³-hybridized carbons (Fsp3) is 0.167. The Bertz CT molecular complexity index is 553. The number of aromatic nitrogens is 2. The van der Waals surface area contributed by atoms with Crippen molar-refractivity contribution in [3.05, 3.63) is 46.6 Å². The molecular weight excluding hydrogens is 296 g/mol. The molecule has 0 bridgehead atoms. The fourth-order valence-electron chi connectivity index (χ4n) is 1.47. The van der Waals surface area contributed by atoms with E-state index in [-0.39, 0.29) is 6.03 Å². The molecule has 18 heavy (non-hydrogen) atoms. The first kappa shape index (κ1) is 12.6. The third-order valence-corrected chi connectivity index (χ3v) is 3.23. The largest absolute Gasteiger partial charge is 0.334 e. The Morgan fingerprint density at radius 1 is 1.39 bits per heavy atom. The van der Waals surface area contributed by atoms with Gasteiger partial charge in [0.1, 0.15) is 5.82 Å². The van der Waals surface area contributed by atoms with Crippen LogP contribution in [-0.4, -0.2) is 15.8 Å². The van der Waals surface area contributed by atoms with Crippen molar-refractivity contribution in [2.75, 3.05) is 5.32 Å². The van der Waals surface area contributed by atoms with Crippen LogP contribution in [0.1, 0.15) is 5.56 Å². The van der Waals surface area contributed by atoms with Gasteiger partial charge < -0.3 is 5.32 Å². The molecule has 0 aliphatic carbocycles. The van der Waals surface area contributed by atoms with Crippen LogP contribution in [-0.2, 0) is 13.6 Å². The topological polar surface area (TPSA) is 59.0 Å². The van der Waals surface area contributed by atoms with Crippen molar-refractivity contribution in [3.63, 3.8) is 0 Å². The zero-order chi connectivity index (χ0) is 13.0. The average Bonchev–Trinajstić information content (AvgIpc) is 2.74. The van der Waals surface area contributed by atoms with Gasteiger partial charge in [-0.05, 0) is 11.6 Å². The minimum Gasteiger partial charge on any atom is -0.334 e. The van der Waals surface area contributed by atoms with Gasteiger partial charge in [0.15, 0.2) is 0 Å². The number of urea groups is 1. The molecule has 0 radical (unpaired) electrons. The molecule has 0 aliphatic heterocycles. The Labute approximate surface area is 113 Å². The lowest BCUT2D eigenvalue weighted by molar-refractivity contribution is 0.251. The standard InChI is InChI=1S/C12H13BrN4O/c1-17-11(6-7-15-17)16-12(18)14-8-9-4-2-3-5-10(9)13/h2-7H,8H2,1H3,(H2,14,16,18). The number of nitrogens with one attached hydrogen (secondary N) is 2. The molecule has 1 aromatic heterocycles. The van der Waals surface area contributed by atoms with Crippen LogP contribution < -0.4 is 10.6 Å². The number of aryl methyl sites for hydroxylation is 1. The third-order valence-electron chi connectivity index (χ3n) is 2.46. The van der Waals surface area contributed by atoms with Crippen LogP contribution in [0.25, 0.3) is 0 Å². The van der Waals surface area contributed by atoms with Crippen molar-refractivity contribution in [2.24, 2.45) is 7.05 Å². The number of rotatable bonds is 3. The Balaban J connectivity index is 1.90. The summed E-state index contributed by atoms with van der Waals surface area (Å²) in [6.07, 6.45) is 1.63. The zero-order valence-corrected chi connectivity index (χ0v) is 11.4. The van der Waals surface area contributed by atoms with Crippen molar-refractivity contribution in [1.82, 2.24) is 15.1 Å². The summed E-state index contributed by atoms with van der Waals surface area (Å²) in [5.41, 5.74) is 1.03. The van der Waals surface area contributed by atoms with E-state index in [2.05, 4.69) is 31.7 Å². The van der Waals surface area contributed by atoms with Crippen LogP contribution in [0.2, 0.25) is 0 Å². The normalized spacial score (nSPS) is 10.1. The predicted molar refractivity (Wildman–Crippen MR) is 73.2 cm³/mol. The van der Waals surface area contributed by atoms with E-state index in [1.54, 1.807) is 24.0 Å². The molecule has 0 atom stereocenters. The molecule has 2 amide bonds. The quantitative estimate of drug-likeness (QED) is 0.915. The minimum atomic E-state index is -0.255. The lowest BCUT2D eigenvalue weighted by atomic mass is 10.2. The number of carbonyl (C=O) groups excluding carboxylic acids is 1. The number of halogens is 1. The first-order valence-electron chi connectivity index (χ1n) is 5.43. The number of benzene rings is 1. The molecule has 94 valence electrons. The first-order chi connectivity index (χ1) is 8.66. The summed E-state index contributed by atoms with van der Waals surface area (Å²) in [7, 11) is 1.77. The van der Waals surface area contributed by atoms with E-state index in [4.69, 9.17) is 0 Å². The molecule has 2 rings (SSSR count). The van der Waals surface area contributed by atoms with Crippen LogP contribution in [0.4, 0.5) is 10.6 Å². The van der Waals surface area contributed by atoms with Gasteiger partial charge >= 0.3 is 6.03 Å². The van der Waals surface area contributed by atoms with Crippen LogP contribution in [0, 0.1) is 0 Å². The first-order valence-corrected chi connectivity index (χ1v) is 6.22. The van der Waals surface area contributed by atoms with Crippen LogP contribution in [0.5, 0.6) is 0 Å². The van der Waals surface area contributed by atoms with Gasteiger partial charge in [0.05, 0.1) is 6.20 Å². The molecule has 2 aromatic rings. The van der Waals surface area contributed by atoms with Gasteiger partial charge in [0.2, 0.25) is 0 Å². The third kappa shape index (κ3) is 3.10. The molecule has 6 heteroatoms. The number of hydrogen-bond donors (Lipinski definition) is 2. The molecule has 1 heterocycles. The molecule has 1 aromatic carbocycles. The lowest BCUT2D eigenvalue weighted by Gasteiger charge is -2.08. The SMILES string of the molecule is Cn1nccc1NC(=O)NCc1ccccc1Br. The van der Waals surface area contributed by atoms with E-state index in [1.807, 2.05) is 24.3 Å². The molecule has 0 aliphatic rings. The molecule has 2 N–H and O–H groups in total. The second-order valence-electron chi connectivity index (χ2n) is 3.74. The highest BCUT2D eigenvalue weighted by Crippen LogP contribution is 2.15. The van der Waals surface area contributed by atoms with Gasteiger partial charge in [-0.15, -0.1) is 0 Å². The molecule has 0 unspecified atom stereocenters. The molecular formula is C12H13BrN4O. The maximum Gasteiger partial charge on any atom is 0.320 e. The van der Waals surface area contributed by atoms with Crippen molar-refractivity contribution < 1.29 is 4.79 Å². The number of amides is 2. The Hall–Kier alpha value is -1.82. The van der Waals surface area contributed by atoms with Gasteiger partial charge in [-0.3, -0.25) is 10.00 Å². The number of hydrogen-bond acceptors (Lipinski definition) is 2. The fourth-order valence-corrected chi connectivity index (χ4v) is 1.90. The highest BCUT2D eigenvalue weighted by atomic mass is 79.9. The summed E-state index contributed by atoms with van der Waals surface area (Å²) in [5.74, 6) is 0.652. The second kappa shape index (κ2) is 5.68. The van der Waals surface area contributed by atoms with Crippen LogP contribution in [0.15, 0.2) is 41.0 Å². The minimum absolute atomic E-state index is 0.255. The van der Waals surface area contributed by atoms with Crippen molar-refractivity contribution in [2.45, 2.75) is 6.54 Å². The Morgan fingerprint density at radius 3 is 2.83 bits per heavy atom. The summed E-state index contributed by atoms with van der Waals surface area (Å²) >= 11 is 3.43. The van der Waals surface area contributed by atoms with E-state index in [9.17, 15) is 4.79 Å². The van der Waals surface area contributed by atoms with E-state index in [1.165, 1.54) is 0 Å². The van der Waals surface area contributed by atoms with Crippen molar-refractivity contribution >= 4 is 27.8 Å². The van der Waals surface area contributed by atoms with E-state index in [0.29, 0.717) is 12.4 Å². The Morgan fingerprint density at radius 2 is 2.17 bits per heavy atom. The van der Waals surface area contributed by atoms with Gasteiger partial charge in [0.25, 0.3) is 0 Å². The summed E-state index contributed by atoms with van der Waals surface area (Å²) in [4.78, 5) is 11.7. The molecule has 0 saturated heterocycles. The Kier molecular flexibility index (Phi) is 3.99. The van der Waals surface area contributed by atoms with Gasteiger partial charge in [0, 0.05) is 24.1 Å².